The lowest BCUT2D eigenvalue weighted by atomic mass is 10.0. The van der Waals surface area contributed by atoms with E-state index >= 15 is 0 Å². The molecule has 3 heterocycles. The van der Waals surface area contributed by atoms with Crippen LogP contribution in [0.2, 0.25) is 0 Å². The van der Waals surface area contributed by atoms with Gasteiger partial charge in [-0.25, -0.2) is 15.0 Å². The third-order valence-electron chi connectivity index (χ3n) is 12.0. The summed E-state index contributed by atoms with van der Waals surface area (Å²) in [6.45, 7) is 0. The van der Waals surface area contributed by atoms with Crippen molar-refractivity contribution in [3.05, 3.63) is 224 Å². The summed E-state index contributed by atoms with van der Waals surface area (Å²) in [5.74, 6) is 1.84. The van der Waals surface area contributed by atoms with E-state index in [1.54, 1.807) is 0 Å². The first-order valence-corrected chi connectivity index (χ1v) is 20.9. The van der Waals surface area contributed by atoms with Gasteiger partial charge in [-0.15, -0.1) is 0 Å². The molecule has 0 amide bonds. The Morgan fingerprint density at radius 2 is 0.548 bits per heavy atom. The van der Waals surface area contributed by atoms with E-state index in [2.05, 4.69) is 228 Å². The molecule has 5 heteroatoms. The van der Waals surface area contributed by atoms with Crippen LogP contribution in [-0.4, -0.2) is 24.1 Å². The maximum absolute atomic E-state index is 5.24. The molecule has 9 aromatic carbocycles. The highest BCUT2D eigenvalue weighted by molar-refractivity contribution is 6.10. The van der Waals surface area contributed by atoms with Crippen LogP contribution in [0.3, 0.4) is 0 Å². The second-order valence-corrected chi connectivity index (χ2v) is 15.7. The summed E-state index contributed by atoms with van der Waals surface area (Å²) in [6.07, 6.45) is 0. The van der Waals surface area contributed by atoms with Crippen molar-refractivity contribution in [2.75, 3.05) is 0 Å². The van der Waals surface area contributed by atoms with Gasteiger partial charge in [0.2, 0.25) is 0 Å². The smallest absolute Gasteiger partial charge is 0.164 e. The molecule has 12 rings (SSSR count). The first kappa shape index (κ1) is 35.5. The first-order valence-electron chi connectivity index (χ1n) is 20.9. The maximum Gasteiger partial charge on any atom is 0.164 e. The summed E-state index contributed by atoms with van der Waals surface area (Å²) in [4.78, 5) is 15.6. The standard InChI is InChI=1S/C57H37N5/c1-2-15-38(16-3-1)39-31-33-40(34-32-39)55-58-56(60-57(59-55)44-20-14-22-46(37-44)62-53-29-10-6-25-49(53)50-26-7-11-30-54(50)62)43-19-12-17-41(35-43)42-18-13-21-45(36-42)61-51-27-8-4-23-47(51)48-24-5-9-28-52(48)61/h1-37H. The molecule has 3 aromatic heterocycles. The zero-order chi connectivity index (χ0) is 41.0. The van der Waals surface area contributed by atoms with E-state index in [1.165, 1.54) is 32.6 Å². The van der Waals surface area contributed by atoms with Gasteiger partial charge >= 0.3 is 0 Å². The van der Waals surface area contributed by atoms with Crippen molar-refractivity contribution in [2.45, 2.75) is 0 Å². The fourth-order valence-corrected chi connectivity index (χ4v) is 9.05. The molecule has 0 aliphatic rings. The van der Waals surface area contributed by atoms with Gasteiger partial charge in [0.1, 0.15) is 0 Å². The Kier molecular flexibility index (Phi) is 8.42. The Morgan fingerprint density at radius 1 is 0.226 bits per heavy atom. The highest BCUT2D eigenvalue weighted by Gasteiger charge is 2.17. The fourth-order valence-electron chi connectivity index (χ4n) is 9.05. The van der Waals surface area contributed by atoms with Crippen molar-refractivity contribution < 1.29 is 0 Å². The van der Waals surface area contributed by atoms with Crippen LogP contribution in [0.15, 0.2) is 224 Å². The molecule has 0 saturated carbocycles. The van der Waals surface area contributed by atoms with E-state index in [-0.39, 0.29) is 0 Å². The Balaban J connectivity index is 0.988. The van der Waals surface area contributed by atoms with Gasteiger partial charge in [-0.1, -0.05) is 170 Å². The van der Waals surface area contributed by atoms with Crippen LogP contribution in [0, 0.1) is 0 Å². The van der Waals surface area contributed by atoms with Crippen LogP contribution in [0.5, 0.6) is 0 Å². The molecule has 0 spiro atoms. The van der Waals surface area contributed by atoms with E-state index in [0.717, 1.165) is 61.4 Å². The van der Waals surface area contributed by atoms with E-state index in [9.17, 15) is 0 Å². The van der Waals surface area contributed by atoms with Crippen molar-refractivity contribution in [1.82, 2.24) is 24.1 Å². The average Bonchev–Trinajstić information content (AvgIpc) is 3.87. The van der Waals surface area contributed by atoms with E-state index < -0.39 is 0 Å². The van der Waals surface area contributed by atoms with E-state index in [1.807, 2.05) is 6.07 Å². The monoisotopic (exact) mass is 791 g/mol. The van der Waals surface area contributed by atoms with Crippen LogP contribution in [0.25, 0.3) is 111 Å². The number of nitrogens with zero attached hydrogens (tertiary/aromatic N) is 5. The largest absolute Gasteiger partial charge is 0.309 e. The van der Waals surface area contributed by atoms with Crippen molar-refractivity contribution in [3.8, 4) is 67.8 Å². The molecule has 0 N–H and O–H groups in total. The minimum absolute atomic E-state index is 0.610. The Morgan fingerprint density at radius 3 is 1.05 bits per heavy atom. The van der Waals surface area contributed by atoms with Gasteiger partial charge in [0, 0.05) is 49.6 Å². The number of fused-ring (bicyclic) bond motifs is 6. The van der Waals surface area contributed by atoms with Crippen LogP contribution in [0.1, 0.15) is 0 Å². The van der Waals surface area contributed by atoms with Gasteiger partial charge in [0.25, 0.3) is 0 Å². The highest BCUT2D eigenvalue weighted by atomic mass is 15.0. The molecule has 290 valence electrons. The number of hydrogen-bond acceptors (Lipinski definition) is 3. The predicted octanol–water partition coefficient (Wildman–Crippen LogP) is 14.4. The van der Waals surface area contributed by atoms with Crippen molar-refractivity contribution >= 4 is 43.6 Å². The van der Waals surface area contributed by atoms with Gasteiger partial charge in [-0.2, -0.15) is 0 Å². The first-order chi connectivity index (χ1) is 30.7. The highest BCUT2D eigenvalue weighted by Crippen LogP contribution is 2.36. The lowest BCUT2D eigenvalue weighted by molar-refractivity contribution is 1.07. The molecular weight excluding hydrogens is 755 g/mol. The lowest BCUT2D eigenvalue weighted by Crippen LogP contribution is -2.01. The summed E-state index contributed by atoms with van der Waals surface area (Å²) in [5, 5.41) is 4.93. The van der Waals surface area contributed by atoms with Crippen molar-refractivity contribution in [3.63, 3.8) is 0 Å². The SMILES string of the molecule is c1ccc(-c2ccc(-c3nc(-c4cccc(-c5cccc(-n6c7ccccc7c7ccccc76)c5)c4)nc(-c4cccc(-n5c6ccccc6c6ccccc65)c4)n3)cc2)cc1. The molecule has 0 aliphatic heterocycles. The molecule has 5 nitrogen and oxygen atoms in total. The van der Waals surface area contributed by atoms with Crippen LogP contribution in [0.4, 0.5) is 0 Å². The van der Waals surface area contributed by atoms with Crippen molar-refractivity contribution in [1.29, 1.82) is 0 Å². The van der Waals surface area contributed by atoms with Crippen molar-refractivity contribution in [2.24, 2.45) is 0 Å². The minimum atomic E-state index is 0.610. The van der Waals surface area contributed by atoms with Crippen LogP contribution < -0.4 is 0 Å². The summed E-state index contributed by atoms with van der Waals surface area (Å²) in [5.41, 5.74) is 14.1. The number of aromatic nitrogens is 5. The van der Waals surface area contributed by atoms with Gasteiger partial charge in [0.15, 0.2) is 17.5 Å². The minimum Gasteiger partial charge on any atom is -0.309 e. The van der Waals surface area contributed by atoms with Crippen LogP contribution in [-0.2, 0) is 0 Å². The quantitative estimate of drug-likeness (QED) is 0.162. The third-order valence-corrected chi connectivity index (χ3v) is 12.0. The second-order valence-electron chi connectivity index (χ2n) is 15.7. The predicted molar refractivity (Wildman–Crippen MR) is 256 cm³/mol. The normalized spacial score (nSPS) is 11.5. The number of hydrogen-bond donors (Lipinski definition) is 0. The average molecular weight is 792 g/mol. The molecular formula is C57H37N5. The summed E-state index contributed by atoms with van der Waals surface area (Å²) in [7, 11) is 0. The van der Waals surface area contributed by atoms with Gasteiger partial charge in [0.05, 0.1) is 22.1 Å². The summed E-state index contributed by atoms with van der Waals surface area (Å²) < 4.78 is 4.69. The molecule has 12 aromatic rings. The summed E-state index contributed by atoms with van der Waals surface area (Å²) >= 11 is 0. The fraction of sp³-hybridized carbons (Fsp3) is 0. The van der Waals surface area contributed by atoms with Crippen LogP contribution >= 0.6 is 0 Å². The second kappa shape index (κ2) is 14.7. The zero-order valence-corrected chi connectivity index (χ0v) is 33.6. The summed E-state index contributed by atoms with van der Waals surface area (Å²) in [6, 6.07) is 79.2. The molecule has 0 bridgehead atoms. The zero-order valence-electron chi connectivity index (χ0n) is 33.6. The van der Waals surface area contributed by atoms with E-state index in [0.29, 0.717) is 17.5 Å². The Labute approximate surface area is 358 Å². The molecule has 0 radical (unpaired) electrons. The topological polar surface area (TPSA) is 48.5 Å². The van der Waals surface area contributed by atoms with Gasteiger partial charge in [-0.3, -0.25) is 0 Å². The lowest BCUT2D eigenvalue weighted by Gasteiger charge is -2.13. The molecule has 0 unspecified atom stereocenters. The van der Waals surface area contributed by atoms with E-state index in [4.69, 9.17) is 15.0 Å². The molecule has 0 atom stereocenters. The maximum atomic E-state index is 5.24. The number of benzene rings is 9. The Bertz CT molecular complexity index is 3530. The molecule has 0 fully saturated rings. The number of para-hydroxylation sites is 4. The van der Waals surface area contributed by atoms with Gasteiger partial charge < -0.3 is 9.13 Å². The molecule has 0 aliphatic carbocycles. The van der Waals surface area contributed by atoms with Gasteiger partial charge in [-0.05, 0) is 76.9 Å². The Hall–Kier alpha value is -8.41. The molecule has 0 saturated heterocycles. The number of rotatable bonds is 7. The molecule has 62 heavy (non-hydrogen) atoms. The third kappa shape index (κ3) is 6.06.